The van der Waals surface area contributed by atoms with E-state index in [0.717, 1.165) is 0 Å². The monoisotopic (exact) mass is 251 g/mol. The third-order valence-corrected chi connectivity index (χ3v) is 4.60. The van der Waals surface area contributed by atoms with E-state index in [2.05, 4.69) is 10.1 Å². The average Bonchev–Trinajstić information content (AvgIpc) is 2.16. The number of ether oxygens (including phenoxy) is 1. The Labute approximate surface area is 97.5 Å². The Bertz CT molecular complexity index is 313. The number of esters is 1. The fourth-order valence-electron chi connectivity index (χ4n) is 1.30. The van der Waals surface area contributed by atoms with Crippen LogP contribution in [-0.2, 0) is 19.4 Å². The van der Waals surface area contributed by atoms with Crippen LogP contribution in [0.25, 0.3) is 0 Å². The van der Waals surface area contributed by atoms with E-state index in [9.17, 15) is 13.2 Å². The molecule has 0 heterocycles. The van der Waals surface area contributed by atoms with Crippen molar-refractivity contribution in [2.24, 2.45) is 0 Å². The summed E-state index contributed by atoms with van der Waals surface area (Å²) < 4.78 is 28.2. The highest BCUT2D eigenvalue weighted by atomic mass is 32.2. The Morgan fingerprint density at radius 1 is 1.31 bits per heavy atom. The summed E-state index contributed by atoms with van der Waals surface area (Å²) in [6.45, 7) is 7.83. The van der Waals surface area contributed by atoms with E-state index in [1.807, 2.05) is 6.92 Å². The minimum Gasteiger partial charge on any atom is -0.465 e. The van der Waals surface area contributed by atoms with Gasteiger partial charge in [-0.25, -0.2) is 8.42 Å². The fraction of sp³-hybridized carbons (Fsp3) is 0.900. The first-order chi connectivity index (χ1) is 7.35. The molecule has 0 radical (unpaired) electrons. The van der Waals surface area contributed by atoms with Gasteiger partial charge in [0, 0.05) is 6.04 Å². The molecule has 0 bridgehead atoms. The van der Waals surface area contributed by atoms with Gasteiger partial charge in [-0.1, -0.05) is 6.92 Å². The summed E-state index contributed by atoms with van der Waals surface area (Å²) >= 11 is 0. The number of sulfone groups is 1. The molecule has 1 N–H and O–H groups in total. The molecule has 96 valence electrons. The Balaban J connectivity index is 4.48. The molecule has 0 saturated heterocycles. The van der Waals surface area contributed by atoms with Gasteiger partial charge in [-0.05, 0) is 27.3 Å². The first-order valence-corrected chi connectivity index (χ1v) is 7.17. The van der Waals surface area contributed by atoms with Gasteiger partial charge in [0.1, 0.15) is 5.75 Å². The maximum Gasteiger partial charge on any atom is 0.321 e. The zero-order valence-corrected chi connectivity index (χ0v) is 11.1. The molecule has 0 aromatic rings. The van der Waals surface area contributed by atoms with Crippen molar-refractivity contribution in [2.45, 2.75) is 39.0 Å². The van der Waals surface area contributed by atoms with E-state index in [1.165, 1.54) is 0 Å². The van der Waals surface area contributed by atoms with Crippen LogP contribution >= 0.6 is 0 Å². The largest absolute Gasteiger partial charge is 0.465 e. The Kier molecular flexibility index (Phi) is 6.59. The molecule has 0 aliphatic heterocycles. The van der Waals surface area contributed by atoms with Gasteiger partial charge in [-0.15, -0.1) is 0 Å². The lowest BCUT2D eigenvalue weighted by atomic mass is 10.2. The number of carbonyl (C=O) groups is 1. The molecule has 2 atom stereocenters. The zero-order chi connectivity index (χ0) is 12.8. The smallest absolute Gasteiger partial charge is 0.321 e. The zero-order valence-electron chi connectivity index (χ0n) is 10.3. The van der Waals surface area contributed by atoms with E-state index in [0.29, 0.717) is 6.54 Å². The highest BCUT2D eigenvalue weighted by Gasteiger charge is 2.28. The second kappa shape index (κ2) is 6.85. The van der Waals surface area contributed by atoms with Crippen LogP contribution in [0.3, 0.4) is 0 Å². The summed E-state index contributed by atoms with van der Waals surface area (Å²) in [5.74, 6) is -1.23. The van der Waals surface area contributed by atoms with E-state index in [-0.39, 0.29) is 12.6 Å². The van der Waals surface area contributed by atoms with Gasteiger partial charge < -0.3 is 10.1 Å². The second-order valence-corrected chi connectivity index (χ2v) is 6.02. The summed E-state index contributed by atoms with van der Waals surface area (Å²) in [5.41, 5.74) is 0. The predicted octanol–water partition coefficient (Wildman–Crippen LogP) is 0.351. The number of rotatable bonds is 7. The van der Waals surface area contributed by atoms with E-state index in [4.69, 9.17) is 0 Å². The normalized spacial score (nSPS) is 15.5. The number of carbonyl (C=O) groups excluding carboxylic acids is 1. The molecule has 0 aliphatic rings. The summed E-state index contributed by atoms with van der Waals surface area (Å²) in [6.07, 6.45) is 0. The molecule has 6 heteroatoms. The standard InChI is InChI=1S/C10H21NO4S/c1-5-11-8(3)9(4)16(13,14)7-10(12)15-6-2/h8-9,11H,5-7H2,1-4H3. The van der Waals surface area contributed by atoms with Crippen LogP contribution in [-0.4, -0.2) is 44.6 Å². The molecule has 0 amide bonds. The molecule has 2 unspecified atom stereocenters. The van der Waals surface area contributed by atoms with Gasteiger partial charge in [0.05, 0.1) is 11.9 Å². The Morgan fingerprint density at radius 2 is 1.88 bits per heavy atom. The van der Waals surface area contributed by atoms with Crippen molar-refractivity contribution in [3.63, 3.8) is 0 Å². The third kappa shape index (κ3) is 4.94. The van der Waals surface area contributed by atoms with E-state index < -0.39 is 26.8 Å². The van der Waals surface area contributed by atoms with Gasteiger partial charge in [0.25, 0.3) is 0 Å². The van der Waals surface area contributed by atoms with E-state index >= 15 is 0 Å². The molecule has 0 aromatic heterocycles. The third-order valence-electron chi connectivity index (χ3n) is 2.42. The van der Waals surface area contributed by atoms with Gasteiger partial charge in [-0.2, -0.15) is 0 Å². The van der Waals surface area contributed by atoms with Crippen molar-refractivity contribution in [1.82, 2.24) is 5.32 Å². The lowest BCUT2D eigenvalue weighted by molar-refractivity contribution is -0.139. The number of hydrogen-bond acceptors (Lipinski definition) is 5. The van der Waals surface area contributed by atoms with Crippen LogP contribution in [0.5, 0.6) is 0 Å². The highest BCUT2D eigenvalue weighted by molar-refractivity contribution is 7.92. The van der Waals surface area contributed by atoms with Gasteiger partial charge in [0.2, 0.25) is 0 Å². The van der Waals surface area contributed by atoms with Crippen molar-refractivity contribution >= 4 is 15.8 Å². The highest BCUT2D eigenvalue weighted by Crippen LogP contribution is 2.07. The maximum absolute atomic E-state index is 11.8. The number of hydrogen-bond donors (Lipinski definition) is 1. The first kappa shape index (κ1) is 15.4. The van der Waals surface area contributed by atoms with Crippen molar-refractivity contribution < 1.29 is 17.9 Å². The summed E-state index contributed by atoms with van der Waals surface area (Å²) in [7, 11) is -3.44. The fourth-order valence-corrected chi connectivity index (χ4v) is 2.69. The summed E-state index contributed by atoms with van der Waals surface area (Å²) in [6, 6.07) is -0.176. The van der Waals surface area contributed by atoms with Crippen LogP contribution in [0.2, 0.25) is 0 Å². The van der Waals surface area contributed by atoms with Gasteiger partial charge in [-0.3, -0.25) is 4.79 Å². The SMILES string of the molecule is CCNC(C)C(C)S(=O)(=O)CC(=O)OCC. The van der Waals surface area contributed by atoms with Crippen LogP contribution in [0.4, 0.5) is 0 Å². The van der Waals surface area contributed by atoms with Crippen LogP contribution in [0, 0.1) is 0 Å². The molecular weight excluding hydrogens is 230 g/mol. The number of nitrogens with one attached hydrogen (secondary N) is 1. The minimum atomic E-state index is -3.44. The van der Waals surface area contributed by atoms with Crippen LogP contribution in [0.1, 0.15) is 27.7 Å². The van der Waals surface area contributed by atoms with Gasteiger partial charge in [0.15, 0.2) is 9.84 Å². The lowest BCUT2D eigenvalue weighted by Gasteiger charge is -2.20. The average molecular weight is 251 g/mol. The summed E-state index contributed by atoms with van der Waals surface area (Å²) in [4.78, 5) is 11.1. The quantitative estimate of drug-likeness (QED) is 0.661. The van der Waals surface area contributed by atoms with Crippen LogP contribution < -0.4 is 5.32 Å². The van der Waals surface area contributed by atoms with Crippen molar-refractivity contribution in [3.8, 4) is 0 Å². The van der Waals surface area contributed by atoms with Gasteiger partial charge >= 0.3 is 5.97 Å². The molecule has 0 aliphatic carbocycles. The topological polar surface area (TPSA) is 72.5 Å². The molecule has 0 aromatic carbocycles. The lowest BCUT2D eigenvalue weighted by Crippen LogP contribution is -2.42. The minimum absolute atomic E-state index is 0.176. The predicted molar refractivity (Wildman–Crippen MR) is 63.0 cm³/mol. The van der Waals surface area contributed by atoms with Crippen molar-refractivity contribution in [3.05, 3.63) is 0 Å². The Hall–Kier alpha value is -0.620. The Morgan fingerprint density at radius 3 is 2.31 bits per heavy atom. The molecular formula is C10H21NO4S. The molecule has 0 rings (SSSR count). The first-order valence-electron chi connectivity index (χ1n) is 5.45. The molecule has 0 spiro atoms. The van der Waals surface area contributed by atoms with Crippen molar-refractivity contribution in [2.75, 3.05) is 18.9 Å². The molecule has 0 saturated carbocycles. The second-order valence-electron chi connectivity index (χ2n) is 3.66. The molecule has 16 heavy (non-hydrogen) atoms. The molecule has 0 fully saturated rings. The van der Waals surface area contributed by atoms with Crippen LogP contribution in [0.15, 0.2) is 0 Å². The molecule has 5 nitrogen and oxygen atoms in total. The summed E-state index contributed by atoms with van der Waals surface area (Å²) in [5, 5.41) is 2.43. The maximum atomic E-state index is 11.8. The van der Waals surface area contributed by atoms with E-state index in [1.54, 1.807) is 20.8 Å². The van der Waals surface area contributed by atoms with Crippen molar-refractivity contribution in [1.29, 1.82) is 0 Å².